The molecule has 0 bridgehead atoms. The van der Waals surface area contributed by atoms with Crippen LogP contribution in [0.2, 0.25) is 5.02 Å². The first-order valence-corrected chi connectivity index (χ1v) is 10.3. The van der Waals surface area contributed by atoms with Crippen molar-refractivity contribution in [3.05, 3.63) is 71.8 Å². The predicted octanol–water partition coefficient (Wildman–Crippen LogP) is 4.18. The second kappa shape index (κ2) is 8.41. The molecule has 0 heterocycles. The van der Waals surface area contributed by atoms with E-state index in [1.165, 1.54) is 6.07 Å². The van der Waals surface area contributed by atoms with E-state index in [0.29, 0.717) is 16.4 Å². The van der Waals surface area contributed by atoms with E-state index in [1.807, 2.05) is 24.3 Å². The summed E-state index contributed by atoms with van der Waals surface area (Å²) in [5.74, 6) is -0.312. The van der Waals surface area contributed by atoms with Crippen LogP contribution in [0, 0.1) is 0 Å². The Morgan fingerprint density at radius 3 is 2.39 bits per heavy atom. The molecule has 0 aliphatic carbocycles. The van der Waals surface area contributed by atoms with Crippen molar-refractivity contribution >= 4 is 49.7 Å². The molecule has 0 atom stereocenters. The van der Waals surface area contributed by atoms with Gasteiger partial charge in [0.15, 0.2) is 0 Å². The molecule has 3 aromatic rings. The quantitative estimate of drug-likeness (QED) is 0.467. The summed E-state index contributed by atoms with van der Waals surface area (Å²) in [6.45, 7) is 1.57. The molecule has 3 aromatic carbocycles. The van der Waals surface area contributed by atoms with E-state index in [-0.39, 0.29) is 17.2 Å². The number of carbonyl (C=O) groups excluding carboxylic acids is 1. The summed E-state index contributed by atoms with van der Waals surface area (Å²) in [5.41, 5.74) is 0.926. The van der Waals surface area contributed by atoms with Gasteiger partial charge in [0, 0.05) is 16.4 Å². The molecule has 0 aliphatic heterocycles. The minimum Gasteiger partial charge on any atom is -0.326 e. The highest BCUT2D eigenvalue weighted by Crippen LogP contribution is 2.19. The molecule has 3 rings (SSSR count). The molecule has 28 heavy (non-hydrogen) atoms. The van der Waals surface area contributed by atoms with Gasteiger partial charge in [0.2, 0.25) is 5.91 Å². The van der Waals surface area contributed by atoms with Crippen molar-refractivity contribution in [1.29, 1.82) is 0 Å². The van der Waals surface area contributed by atoms with Gasteiger partial charge in [-0.2, -0.15) is 13.5 Å². The number of anilines is 1. The topological polar surface area (TPSA) is 87.6 Å². The Kier molecular flexibility index (Phi) is 5.96. The first-order chi connectivity index (χ1) is 13.3. The number of sulfonamides is 1. The Balaban J connectivity index is 1.65. The van der Waals surface area contributed by atoms with Crippen LogP contribution in [0.25, 0.3) is 10.8 Å². The first-order valence-electron chi connectivity index (χ1n) is 8.43. The Labute approximate surface area is 168 Å². The number of benzene rings is 3. The van der Waals surface area contributed by atoms with E-state index in [2.05, 4.69) is 15.2 Å². The highest BCUT2D eigenvalue weighted by molar-refractivity contribution is 7.89. The Morgan fingerprint density at radius 1 is 1.00 bits per heavy atom. The lowest BCUT2D eigenvalue weighted by atomic mass is 10.1. The van der Waals surface area contributed by atoms with Crippen LogP contribution >= 0.6 is 11.6 Å². The van der Waals surface area contributed by atoms with Crippen LogP contribution in [0.15, 0.2) is 76.7 Å². The molecular formula is C20H18ClN3O3S. The van der Waals surface area contributed by atoms with Crippen LogP contribution < -0.4 is 10.1 Å². The average molecular weight is 416 g/mol. The third kappa shape index (κ3) is 5.09. The van der Waals surface area contributed by atoms with Crippen molar-refractivity contribution in [3.8, 4) is 0 Å². The van der Waals surface area contributed by atoms with Gasteiger partial charge in [-0.3, -0.25) is 4.79 Å². The highest BCUT2D eigenvalue weighted by atomic mass is 35.5. The lowest BCUT2D eigenvalue weighted by Gasteiger charge is -2.07. The van der Waals surface area contributed by atoms with Gasteiger partial charge in [0.1, 0.15) is 0 Å². The second-order valence-electron chi connectivity index (χ2n) is 6.18. The van der Waals surface area contributed by atoms with Crippen LogP contribution in [0.3, 0.4) is 0 Å². The number of nitrogens with zero attached hydrogens (tertiary/aromatic N) is 1. The van der Waals surface area contributed by atoms with Gasteiger partial charge in [-0.1, -0.05) is 41.9 Å². The fourth-order valence-electron chi connectivity index (χ4n) is 2.54. The van der Waals surface area contributed by atoms with Crippen molar-refractivity contribution in [2.45, 2.75) is 18.2 Å². The maximum Gasteiger partial charge on any atom is 0.276 e. The van der Waals surface area contributed by atoms with E-state index >= 15 is 0 Å². The van der Waals surface area contributed by atoms with Gasteiger partial charge < -0.3 is 5.32 Å². The van der Waals surface area contributed by atoms with E-state index in [9.17, 15) is 13.2 Å². The van der Waals surface area contributed by atoms with Gasteiger partial charge in [-0.05, 0) is 54.1 Å². The zero-order chi connectivity index (χ0) is 20.1. The standard InChI is InChI=1S/C20H18ClN3O3S/c1-14(12-20(25)22-18-9-7-17(21)8-10-18)23-24-28(26,27)19-11-6-15-4-2-3-5-16(15)13-19/h2-11,13,24H,12H2,1H3,(H,22,25)/b23-14-. The minimum atomic E-state index is -3.83. The van der Waals surface area contributed by atoms with Crippen molar-refractivity contribution in [1.82, 2.24) is 4.83 Å². The molecule has 0 saturated carbocycles. The lowest BCUT2D eigenvalue weighted by Crippen LogP contribution is -2.21. The summed E-state index contributed by atoms with van der Waals surface area (Å²) in [6.07, 6.45) is -0.0527. The van der Waals surface area contributed by atoms with Crippen LogP contribution in [-0.4, -0.2) is 20.0 Å². The number of hydrazone groups is 1. The van der Waals surface area contributed by atoms with Crippen molar-refractivity contribution < 1.29 is 13.2 Å². The van der Waals surface area contributed by atoms with Crippen molar-refractivity contribution in [3.63, 3.8) is 0 Å². The van der Waals surface area contributed by atoms with Crippen LogP contribution in [0.4, 0.5) is 5.69 Å². The third-order valence-corrected chi connectivity index (χ3v) is 5.39. The van der Waals surface area contributed by atoms with Crippen LogP contribution in [0.1, 0.15) is 13.3 Å². The Bertz CT molecular complexity index is 1140. The molecule has 0 fully saturated rings. The molecule has 0 unspecified atom stereocenters. The molecule has 8 heteroatoms. The monoisotopic (exact) mass is 415 g/mol. The summed E-state index contributed by atoms with van der Waals surface area (Å²) < 4.78 is 24.9. The minimum absolute atomic E-state index is 0.0527. The van der Waals surface area contributed by atoms with Gasteiger partial charge in [0.25, 0.3) is 10.0 Å². The zero-order valence-corrected chi connectivity index (χ0v) is 16.6. The van der Waals surface area contributed by atoms with Crippen LogP contribution in [-0.2, 0) is 14.8 Å². The molecule has 2 N–H and O–H groups in total. The molecule has 0 aromatic heterocycles. The van der Waals surface area contributed by atoms with E-state index < -0.39 is 10.0 Å². The summed E-state index contributed by atoms with van der Waals surface area (Å²) >= 11 is 5.80. The molecule has 144 valence electrons. The fourth-order valence-corrected chi connectivity index (χ4v) is 3.57. The Hall–Kier alpha value is -2.90. The fraction of sp³-hybridized carbons (Fsp3) is 0.100. The maximum atomic E-state index is 12.5. The number of halogens is 1. The number of rotatable bonds is 6. The maximum absolute atomic E-state index is 12.5. The van der Waals surface area contributed by atoms with Gasteiger partial charge >= 0.3 is 0 Å². The van der Waals surface area contributed by atoms with E-state index in [1.54, 1.807) is 43.3 Å². The van der Waals surface area contributed by atoms with Crippen molar-refractivity contribution in [2.75, 3.05) is 5.32 Å². The van der Waals surface area contributed by atoms with Gasteiger partial charge in [-0.25, -0.2) is 4.83 Å². The van der Waals surface area contributed by atoms with E-state index in [4.69, 9.17) is 11.6 Å². The third-order valence-electron chi connectivity index (χ3n) is 3.93. The normalized spacial score (nSPS) is 12.0. The zero-order valence-electron chi connectivity index (χ0n) is 15.0. The molecule has 0 saturated heterocycles. The molecule has 0 spiro atoms. The second-order valence-corrected chi connectivity index (χ2v) is 8.28. The summed E-state index contributed by atoms with van der Waals surface area (Å²) in [4.78, 5) is 14.3. The first kappa shape index (κ1) is 19.9. The van der Waals surface area contributed by atoms with Gasteiger partial charge in [-0.15, -0.1) is 0 Å². The Morgan fingerprint density at radius 2 is 1.68 bits per heavy atom. The van der Waals surface area contributed by atoms with Gasteiger partial charge in [0.05, 0.1) is 11.3 Å². The number of amides is 1. The lowest BCUT2D eigenvalue weighted by molar-refractivity contribution is -0.115. The van der Waals surface area contributed by atoms with Crippen molar-refractivity contribution in [2.24, 2.45) is 5.10 Å². The molecular weight excluding hydrogens is 398 g/mol. The SMILES string of the molecule is C/C(CC(=O)Nc1ccc(Cl)cc1)=N/NS(=O)(=O)c1ccc2ccccc2c1. The number of fused-ring (bicyclic) bond motifs is 1. The van der Waals surface area contributed by atoms with Crippen LogP contribution in [0.5, 0.6) is 0 Å². The number of nitrogens with one attached hydrogen (secondary N) is 2. The number of hydrogen-bond acceptors (Lipinski definition) is 4. The predicted molar refractivity (Wildman–Crippen MR) is 112 cm³/mol. The summed E-state index contributed by atoms with van der Waals surface area (Å²) in [6, 6.07) is 19.0. The number of carbonyl (C=O) groups is 1. The summed E-state index contributed by atoms with van der Waals surface area (Å²) in [5, 5.41) is 8.86. The summed E-state index contributed by atoms with van der Waals surface area (Å²) in [7, 11) is -3.83. The molecule has 1 amide bonds. The highest BCUT2D eigenvalue weighted by Gasteiger charge is 2.14. The number of hydrogen-bond donors (Lipinski definition) is 2. The molecule has 6 nitrogen and oxygen atoms in total. The van der Waals surface area contributed by atoms with E-state index in [0.717, 1.165) is 10.8 Å². The largest absolute Gasteiger partial charge is 0.326 e. The molecule has 0 radical (unpaired) electrons. The average Bonchev–Trinajstić information content (AvgIpc) is 2.68. The molecule has 0 aliphatic rings. The smallest absolute Gasteiger partial charge is 0.276 e.